The number of rotatable bonds is 6. The molecule has 0 spiro atoms. The first-order valence-corrected chi connectivity index (χ1v) is 12.1. The summed E-state index contributed by atoms with van der Waals surface area (Å²) in [5, 5.41) is 0. The largest absolute Gasteiger partial charge is 0.475 e. The number of hydrogen-bond acceptors (Lipinski definition) is 7. The number of nitrogens with zero attached hydrogens (tertiary/aromatic N) is 2. The molecule has 2 aromatic rings. The van der Waals surface area contributed by atoms with E-state index in [1.165, 1.54) is 16.3 Å². The number of methoxy groups -OCH3 is 1. The van der Waals surface area contributed by atoms with E-state index in [1.807, 2.05) is 0 Å². The molecule has 0 saturated carbocycles. The van der Waals surface area contributed by atoms with E-state index in [-0.39, 0.29) is 23.8 Å². The highest BCUT2D eigenvalue weighted by atomic mass is 32.2. The molecule has 2 aliphatic heterocycles. The van der Waals surface area contributed by atoms with Gasteiger partial charge in [-0.2, -0.15) is 4.31 Å². The maximum atomic E-state index is 13.0. The SMILES string of the molecule is COC(=O)[C@@H]1CN(C(=O)CCc2ccc(S(=O)(=O)N3CCOCC3)cc2)c2ccccc2O1. The first kappa shape index (κ1) is 23.2. The highest BCUT2D eigenvalue weighted by Gasteiger charge is 2.34. The number of morpholine rings is 1. The van der Waals surface area contributed by atoms with Crippen LogP contribution in [0.2, 0.25) is 0 Å². The number of hydrogen-bond donors (Lipinski definition) is 0. The van der Waals surface area contributed by atoms with Crippen molar-refractivity contribution in [3.8, 4) is 5.75 Å². The molecule has 9 nitrogen and oxygen atoms in total. The molecule has 4 rings (SSSR count). The molecule has 0 aromatic heterocycles. The Hall–Kier alpha value is -2.95. The van der Waals surface area contributed by atoms with Gasteiger partial charge >= 0.3 is 5.97 Å². The predicted octanol–water partition coefficient (Wildman–Crippen LogP) is 1.61. The van der Waals surface area contributed by atoms with E-state index < -0.39 is 22.1 Å². The summed E-state index contributed by atoms with van der Waals surface area (Å²) in [4.78, 5) is 26.8. The summed E-state index contributed by atoms with van der Waals surface area (Å²) in [6.45, 7) is 1.53. The van der Waals surface area contributed by atoms with Gasteiger partial charge in [0, 0.05) is 19.5 Å². The van der Waals surface area contributed by atoms with Crippen molar-refractivity contribution in [1.29, 1.82) is 0 Å². The van der Waals surface area contributed by atoms with Crippen LogP contribution in [0.1, 0.15) is 12.0 Å². The Balaban J connectivity index is 1.42. The van der Waals surface area contributed by atoms with Gasteiger partial charge in [0.15, 0.2) is 0 Å². The van der Waals surface area contributed by atoms with Crippen molar-refractivity contribution < 1.29 is 32.2 Å². The average Bonchev–Trinajstić information content (AvgIpc) is 2.86. The Morgan fingerprint density at radius 3 is 2.45 bits per heavy atom. The number of carbonyl (C=O) groups excluding carboxylic acids is 2. The molecule has 1 atom stereocenters. The Bertz CT molecular complexity index is 1110. The van der Waals surface area contributed by atoms with Crippen LogP contribution in [0.3, 0.4) is 0 Å². The summed E-state index contributed by atoms with van der Waals surface area (Å²) >= 11 is 0. The number of benzene rings is 2. The van der Waals surface area contributed by atoms with Gasteiger partial charge in [-0.15, -0.1) is 0 Å². The van der Waals surface area contributed by atoms with Crippen LogP contribution in [0.15, 0.2) is 53.4 Å². The van der Waals surface area contributed by atoms with E-state index in [9.17, 15) is 18.0 Å². The van der Waals surface area contributed by atoms with Gasteiger partial charge < -0.3 is 19.1 Å². The summed E-state index contributed by atoms with van der Waals surface area (Å²) in [7, 11) is -2.28. The molecular formula is C23H26N2O7S. The topological polar surface area (TPSA) is 102 Å². The summed E-state index contributed by atoms with van der Waals surface area (Å²) in [6, 6.07) is 13.6. The molecule has 0 bridgehead atoms. The molecule has 0 N–H and O–H groups in total. The van der Waals surface area contributed by atoms with Crippen LogP contribution in [0, 0.1) is 0 Å². The van der Waals surface area contributed by atoms with E-state index in [2.05, 4.69) is 0 Å². The van der Waals surface area contributed by atoms with E-state index in [1.54, 1.807) is 48.5 Å². The minimum Gasteiger partial charge on any atom is -0.475 e. The fourth-order valence-corrected chi connectivity index (χ4v) is 5.28. The monoisotopic (exact) mass is 474 g/mol. The molecule has 0 unspecified atom stereocenters. The standard InChI is InChI=1S/C23H26N2O7S/c1-30-23(27)21-16-25(19-4-2-3-5-20(19)32-21)22(26)11-8-17-6-9-18(10-7-17)33(28,29)24-12-14-31-15-13-24/h2-7,9-10,21H,8,11-16H2,1H3/t21-/m0/s1. The lowest BCUT2D eigenvalue weighted by Crippen LogP contribution is -2.47. The summed E-state index contributed by atoms with van der Waals surface area (Å²) in [5.74, 6) is -0.255. The van der Waals surface area contributed by atoms with E-state index >= 15 is 0 Å². The Morgan fingerprint density at radius 2 is 1.76 bits per heavy atom. The second-order valence-corrected chi connectivity index (χ2v) is 9.70. The van der Waals surface area contributed by atoms with Crippen molar-refractivity contribution >= 4 is 27.6 Å². The molecule has 1 saturated heterocycles. The highest BCUT2D eigenvalue weighted by Crippen LogP contribution is 2.34. The van der Waals surface area contributed by atoms with Crippen LogP contribution < -0.4 is 9.64 Å². The van der Waals surface area contributed by atoms with Crippen LogP contribution in [0.5, 0.6) is 5.75 Å². The third-order valence-electron chi connectivity index (χ3n) is 5.70. The van der Waals surface area contributed by atoms with E-state index in [4.69, 9.17) is 14.2 Å². The highest BCUT2D eigenvalue weighted by molar-refractivity contribution is 7.89. The molecule has 2 aromatic carbocycles. The predicted molar refractivity (Wildman–Crippen MR) is 120 cm³/mol. The van der Waals surface area contributed by atoms with Crippen LogP contribution in [-0.4, -0.2) is 70.7 Å². The van der Waals surface area contributed by atoms with Crippen molar-refractivity contribution in [3.05, 3.63) is 54.1 Å². The molecule has 176 valence electrons. The van der Waals surface area contributed by atoms with E-state index in [0.29, 0.717) is 44.2 Å². The summed E-state index contributed by atoms with van der Waals surface area (Å²) in [6.07, 6.45) is -0.268. The van der Waals surface area contributed by atoms with Crippen molar-refractivity contribution in [2.24, 2.45) is 0 Å². The van der Waals surface area contributed by atoms with Gasteiger partial charge in [0.25, 0.3) is 0 Å². The van der Waals surface area contributed by atoms with Gasteiger partial charge in [-0.1, -0.05) is 24.3 Å². The van der Waals surface area contributed by atoms with Crippen LogP contribution in [-0.2, 0) is 35.5 Å². The second-order valence-electron chi connectivity index (χ2n) is 7.76. The number of para-hydroxylation sites is 2. The van der Waals surface area contributed by atoms with Gasteiger partial charge in [-0.05, 0) is 36.2 Å². The maximum Gasteiger partial charge on any atom is 0.348 e. The van der Waals surface area contributed by atoms with Gasteiger partial charge in [-0.3, -0.25) is 4.79 Å². The zero-order chi connectivity index (χ0) is 23.4. The molecule has 0 radical (unpaired) electrons. The number of fused-ring (bicyclic) bond motifs is 1. The molecule has 0 aliphatic carbocycles. The third-order valence-corrected chi connectivity index (χ3v) is 7.61. The molecule has 2 heterocycles. The Morgan fingerprint density at radius 1 is 1.06 bits per heavy atom. The summed E-state index contributed by atoms with van der Waals surface area (Å²) in [5.41, 5.74) is 1.45. The molecule has 33 heavy (non-hydrogen) atoms. The lowest BCUT2D eigenvalue weighted by atomic mass is 10.1. The minimum absolute atomic E-state index is 0.0687. The Labute approximate surface area is 192 Å². The minimum atomic E-state index is -3.56. The van der Waals surface area contributed by atoms with Crippen LogP contribution in [0.25, 0.3) is 0 Å². The molecule has 10 heteroatoms. The smallest absolute Gasteiger partial charge is 0.348 e. The number of ether oxygens (including phenoxy) is 3. The number of aryl methyl sites for hydroxylation is 1. The lowest BCUT2D eigenvalue weighted by molar-refractivity contribution is -0.148. The number of esters is 1. The van der Waals surface area contributed by atoms with Crippen molar-refractivity contribution in [2.45, 2.75) is 23.8 Å². The van der Waals surface area contributed by atoms with Crippen molar-refractivity contribution in [3.63, 3.8) is 0 Å². The molecule has 1 amide bonds. The maximum absolute atomic E-state index is 13.0. The van der Waals surface area contributed by atoms with Crippen molar-refractivity contribution in [1.82, 2.24) is 4.31 Å². The first-order valence-electron chi connectivity index (χ1n) is 10.7. The first-order chi connectivity index (χ1) is 15.9. The van der Waals surface area contributed by atoms with Crippen LogP contribution in [0.4, 0.5) is 5.69 Å². The van der Waals surface area contributed by atoms with Gasteiger partial charge in [0.1, 0.15) is 5.75 Å². The van der Waals surface area contributed by atoms with Crippen LogP contribution >= 0.6 is 0 Å². The normalized spacial score (nSPS) is 18.8. The average molecular weight is 475 g/mol. The molecule has 2 aliphatic rings. The zero-order valence-corrected chi connectivity index (χ0v) is 19.1. The third kappa shape index (κ3) is 5.02. The van der Waals surface area contributed by atoms with E-state index in [0.717, 1.165) is 5.56 Å². The number of sulfonamides is 1. The fraction of sp³-hybridized carbons (Fsp3) is 0.391. The lowest BCUT2D eigenvalue weighted by Gasteiger charge is -2.33. The Kier molecular flexibility index (Phi) is 6.96. The van der Waals surface area contributed by atoms with Gasteiger partial charge in [0.2, 0.25) is 22.0 Å². The van der Waals surface area contributed by atoms with Gasteiger partial charge in [0.05, 0.1) is 37.5 Å². The zero-order valence-electron chi connectivity index (χ0n) is 18.3. The van der Waals surface area contributed by atoms with Gasteiger partial charge in [-0.25, -0.2) is 13.2 Å². The number of carbonyl (C=O) groups is 2. The summed E-state index contributed by atoms with van der Waals surface area (Å²) < 4.78 is 42.6. The second kappa shape index (κ2) is 9.90. The van der Waals surface area contributed by atoms with Crippen molar-refractivity contribution in [2.75, 3.05) is 44.9 Å². The number of amides is 1. The molecule has 1 fully saturated rings. The molecular weight excluding hydrogens is 448 g/mol. The fourth-order valence-electron chi connectivity index (χ4n) is 3.88. The quantitative estimate of drug-likeness (QED) is 0.586. The number of anilines is 1.